The van der Waals surface area contributed by atoms with Gasteiger partial charge in [-0.05, 0) is 63.5 Å². The number of ether oxygens (including phenoxy) is 2. The van der Waals surface area contributed by atoms with Crippen molar-refractivity contribution in [3.63, 3.8) is 0 Å². The average Bonchev–Trinajstić information content (AvgIpc) is 3.15. The Kier molecular flexibility index (Phi) is 7.15. The third-order valence-corrected chi connectivity index (χ3v) is 6.64. The van der Waals surface area contributed by atoms with E-state index >= 15 is 0 Å². The van der Waals surface area contributed by atoms with Gasteiger partial charge in [0.15, 0.2) is 5.76 Å². The maximum absolute atomic E-state index is 12.4. The largest absolute Gasteiger partial charge is 0.489 e. The van der Waals surface area contributed by atoms with Crippen LogP contribution in [0.4, 0.5) is 4.79 Å². The van der Waals surface area contributed by atoms with E-state index in [9.17, 15) is 14.7 Å². The Bertz CT molecular complexity index is 969. The minimum Gasteiger partial charge on any atom is -0.489 e. The summed E-state index contributed by atoms with van der Waals surface area (Å²) in [5.74, 6) is 0.490. The number of carboxylic acid groups (broad SMARTS) is 1. The molecule has 0 aromatic carbocycles. The third kappa shape index (κ3) is 5.64. The quantitative estimate of drug-likeness (QED) is 0.619. The average molecular weight is 458 g/mol. The molecule has 2 saturated carbocycles. The molecule has 0 unspecified atom stereocenters. The number of amides is 1. The monoisotopic (exact) mass is 457 g/mol. The van der Waals surface area contributed by atoms with Crippen LogP contribution in [-0.4, -0.2) is 51.9 Å². The van der Waals surface area contributed by atoms with E-state index in [1.165, 1.54) is 19.3 Å². The summed E-state index contributed by atoms with van der Waals surface area (Å²) in [6.07, 6.45) is 7.53. The van der Waals surface area contributed by atoms with Gasteiger partial charge in [-0.3, -0.25) is 4.79 Å². The van der Waals surface area contributed by atoms with Crippen LogP contribution in [0, 0.1) is 18.8 Å². The first kappa shape index (κ1) is 23.1. The SMILES string of the molecule is Cc1noc(-c2ccc(O[C@H]3CCC[C@H](C(=O)O)C3)cn2)c1COC(=O)N(C)CC1CCC1. The molecule has 0 bridgehead atoms. The summed E-state index contributed by atoms with van der Waals surface area (Å²) in [5.41, 5.74) is 1.88. The lowest BCUT2D eigenvalue weighted by molar-refractivity contribution is -0.143. The van der Waals surface area contributed by atoms with Crippen LogP contribution in [0.25, 0.3) is 11.5 Å². The first-order valence-corrected chi connectivity index (χ1v) is 11.6. The summed E-state index contributed by atoms with van der Waals surface area (Å²) in [7, 11) is 1.76. The van der Waals surface area contributed by atoms with Crippen molar-refractivity contribution in [1.29, 1.82) is 0 Å². The van der Waals surface area contributed by atoms with Crippen LogP contribution >= 0.6 is 0 Å². The smallest absolute Gasteiger partial charge is 0.409 e. The number of pyridine rings is 1. The number of hydrogen-bond donors (Lipinski definition) is 1. The number of carboxylic acids is 1. The molecule has 33 heavy (non-hydrogen) atoms. The number of carbonyl (C=O) groups is 2. The normalized spacial score (nSPS) is 20.7. The van der Waals surface area contributed by atoms with E-state index in [4.69, 9.17) is 14.0 Å². The number of carbonyl (C=O) groups excluding carboxylic acids is 1. The van der Waals surface area contributed by atoms with Crippen LogP contribution < -0.4 is 4.74 Å². The second-order valence-corrected chi connectivity index (χ2v) is 9.13. The van der Waals surface area contributed by atoms with Gasteiger partial charge in [-0.1, -0.05) is 11.6 Å². The summed E-state index contributed by atoms with van der Waals surface area (Å²) in [4.78, 5) is 29.7. The highest BCUT2D eigenvalue weighted by atomic mass is 16.6. The Labute approximate surface area is 193 Å². The number of rotatable bonds is 8. The summed E-state index contributed by atoms with van der Waals surface area (Å²) in [6.45, 7) is 2.57. The Morgan fingerprint density at radius 2 is 2.00 bits per heavy atom. The van der Waals surface area contributed by atoms with Crippen molar-refractivity contribution >= 4 is 12.1 Å². The molecular weight excluding hydrogens is 426 g/mol. The van der Waals surface area contributed by atoms with Crippen molar-refractivity contribution in [3.05, 3.63) is 29.6 Å². The van der Waals surface area contributed by atoms with Gasteiger partial charge in [0.1, 0.15) is 18.1 Å². The maximum atomic E-state index is 12.4. The van der Waals surface area contributed by atoms with Gasteiger partial charge >= 0.3 is 12.1 Å². The van der Waals surface area contributed by atoms with Crippen LogP contribution in [0.3, 0.4) is 0 Å². The summed E-state index contributed by atoms with van der Waals surface area (Å²) in [6, 6.07) is 3.55. The molecule has 1 amide bonds. The molecule has 4 rings (SSSR count). The van der Waals surface area contributed by atoms with Crippen molar-refractivity contribution in [2.24, 2.45) is 11.8 Å². The van der Waals surface area contributed by atoms with E-state index in [1.807, 2.05) is 0 Å². The predicted octanol–water partition coefficient (Wildman–Crippen LogP) is 4.44. The molecule has 0 radical (unpaired) electrons. The maximum Gasteiger partial charge on any atom is 0.409 e. The van der Waals surface area contributed by atoms with Crippen molar-refractivity contribution in [3.8, 4) is 17.2 Å². The van der Waals surface area contributed by atoms with Gasteiger partial charge in [0.2, 0.25) is 0 Å². The minimum atomic E-state index is -0.764. The van der Waals surface area contributed by atoms with Gasteiger partial charge in [0.25, 0.3) is 0 Å². The predicted molar refractivity (Wildman–Crippen MR) is 119 cm³/mol. The molecule has 1 N–H and O–H groups in total. The molecule has 2 aromatic heterocycles. The van der Waals surface area contributed by atoms with E-state index in [0.717, 1.165) is 12.8 Å². The first-order valence-electron chi connectivity index (χ1n) is 11.6. The van der Waals surface area contributed by atoms with E-state index in [2.05, 4.69) is 10.1 Å². The molecule has 2 aliphatic carbocycles. The Morgan fingerprint density at radius 1 is 1.21 bits per heavy atom. The van der Waals surface area contributed by atoms with E-state index < -0.39 is 5.97 Å². The molecular formula is C24H31N3O6. The van der Waals surface area contributed by atoms with Crippen molar-refractivity contribution in [1.82, 2.24) is 15.0 Å². The highest BCUT2D eigenvalue weighted by Crippen LogP contribution is 2.30. The first-order chi connectivity index (χ1) is 15.9. The van der Waals surface area contributed by atoms with Crippen molar-refractivity contribution < 1.29 is 28.7 Å². The zero-order valence-electron chi connectivity index (χ0n) is 19.2. The lowest BCUT2D eigenvalue weighted by Crippen LogP contribution is -2.34. The lowest BCUT2D eigenvalue weighted by atomic mass is 9.85. The van der Waals surface area contributed by atoms with Gasteiger partial charge in [0.05, 0.1) is 29.5 Å². The van der Waals surface area contributed by atoms with E-state index in [1.54, 1.807) is 37.2 Å². The highest BCUT2D eigenvalue weighted by Gasteiger charge is 2.28. The van der Waals surface area contributed by atoms with E-state index in [-0.39, 0.29) is 24.7 Å². The fourth-order valence-electron chi connectivity index (χ4n) is 4.39. The molecule has 178 valence electrons. The molecule has 9 heteroatoms. The summed E-state index contributed by atoms with van der Waals surface area (Å²) >= 11 is 0. The van der Waals surface area contributed by atoms with E-state index in [0.29, 0.717) is 53.8 Å². The van der Waals surface area contributed by atoms with Gasteiger partial charge < -0.3 is 24.0 Å². The third-order valence-electron chi connectivity index (χ3n) is 6.64. The fourth-order valence-corrected chi connectivity index (χ4v) is 4.39. The Hall–Kier alpha value is -3.10. The number of aryl methyl sites for hydroxylation is 1. The summed E-state index contributed by atoms with van der Waals surface area (Å²) in [5, 5.41) is 13.3. The van der Waals surface area contributed by atoms with Crippen LogP contribution in [0.5, 0.6) is 5.75 Å². The Morgan fingerprint density at radius 3 is 2.67 bits per heavy atom. The number of aromatic nitrogens is 2. The molecule has 0 spiro atoms. The van der Waals surface area contributed by atoms with Crippen LogP contribution in [-0.2, 0) is 16.1 Å². The molecule has 0 saturated heterocycles. The molecule has 2 aromatic rings. The number of hydrogen-bond acceptors (Lipinski definition) is 7. The molecule has 2 aliphatic rings. The van der Waals surface area contributed by atoms with Crippen LogP contribution in [0.15, 0.2) is 22.9 Å². The second-order valence-electron chi connectivity index (χ2n) is 9.13. The molecule has 9 nitrogen and oxygen atoms in total. The Balaban J connectivity index is 1.36. The molecule has 2 heterocycles. The van der Waals surface area contributed by atoms with Gasteiger partial charge in [-0.2, -0.15) is 0 Å². The molecule has 0 aliphatic heterocycles. The molecule has 2 atom stereocenters. The zero-order chi connectivity index (χ0) is 23.4. The standard InChI is InChI=1S/C24H31N3O6/c1-15-20(14-31-24(30)27(2)13-16-5-3-6-16)22(33-26-15)21-10-9-19(12-25-21)32-18-8-4-7-17(11-18)23(28)29/h9-10,12,16-18H,3-8,11,13-14H2,1-2H3,(H,28,29)/t17-,18-/m0/s1. The fraction of sp³-hybridized carbons (Fsp3) is 0.583. The van der Waals surface area contributed by atoms with Crippen molar-refractivity contribution in [2.75, 3.05) is 13.6 Å². The second kappa shape index (κ2) is 10.2. The van der Waals surface area contributed by atoms with Gasteiger partial charge in [-0.25, -0.2) is 9.78 Å². The number of aliphatic carboxylic acids is 1. The zero-order valence-corrected chi connectivity index (χ0v) is 19.2. The topological polar surface area (TPSA) is 115 Å². The molecule has 2 fully saturated rings. The highest BCUT2D eigenvalue weighted by molar-refractivity contribution is 5.70. The lowest BCUT2D eigenvalue weighted by Gasteiger charge is -2.29. The summed E-state index contributed by atoms with van der Waals surface area (Å²) < 4.78 is 16.9. The van der Waals surface area contributed by atoms with Crippen LogP contribution in [0.2, 0.25) is 0 Å². The van der Waals surface area contributed by atoms with Gasteiger partial charge in [-0.15, -0.1) is 0 Å². The number of nitrogens with zero attached hydrogens (tertiary/aromatic N) is 3. The van der Waals surface area contributed by atoms with Gasteiger partial charge in [0, 0.05) is 13.6 Å². The van der Waals surface area contributed by atoms with Crippen LogP contribution in [0.1, 0.15) is 56.2 Å². The van der Waals surface area contributed by atoms with Crippen molar-refractivity contribution in [2.45, 2.75) is 64.6 Å². The minimum absolute atomic E-state index is 0.0527.